The summed E-state index contributed by atoms with van der Waals surface area (Å²) >= 11 is 0. The Bertz CT molecular complexity index is 1010. The Morgan fingerprint density at radius 3 is 2.83 bits per heavy atom. The minimum absolute atomic E-state index is 0.521. The number of aryl methyl sites for hydroxylation is 2. The fourth-order valence-corrected chi connectivity index (χ4v) is 4.92. The molecule has 0 spiro atoms. The van der Waals surface area contributed by atoms with Gasteiger partial charge in [0.2, 0.25) is 0 Å². The van der Waals surface area contributed by atoms with Crippen LogP contribution in [0.25, 0.3) is 5.69 Å². The molecule has 4 nitrogen and oxygen atoms in total. The molecule has 0 saturated carbocycles. The van der Waals surface area contributed by atoms with E-state index >= 15 is 0 Å². The lowest BCUT2D eigenvalue weighted by Gasteiger charge is -2.32. The van der Waals surface area contributed by atoms with Crippen molar-refractivity contribution in [2.75, 3.05) is 25.0 Å². The van der Waals surface area contributed by atoms with Gasteiger partial charge in [0.15, 0.2) is 0 Å². The van der Waals surface area contributed by atoms with Gasteiger partial charge in [-0.3, -0.25) is 4.90 Å². The fourth-order valence-electron chi connectivity index (χ4n) is 4.92. The van der Waals surface area contributed by atoms with E-state index < -0.39 is 0 Å². The molecule has 1 aromatic heterocycles. The molecule has 3 heterocycles. The Morgan fingerprint density at radius 1 is 1.10 bits per heavy atom. The third-order valence-corrected chi connectivity index (χ3v) is 6.42. The molecule has 3 aromatic rings. The zero-order valence-corrected chi connectivity index (χ0v) is 17.5. The molecule has 29 heavy (non-hydrogen) atoms. The van der Waals surface area contributed by atoms with Gasteiger partial charge >= 0.3 is 0 Å². The molecule has 150 valence electrons. The highest BCUT2D eigenvalue weighted by molar-refractivity contribution is 5.59. The van der Waals surface area contributed by atoms with Gasteiger partial charge in [-0.1, -0.05) is 42.5 Å². The standard InChI is InChI=1S/C25H30N4/c1-18-10-11-19(2)23(15-18)29-25-22(12-13-26-25)24(27-29)21-9-6-14-28(17-21)16-20-7-4-3-5-8-20/h3-5,7-8,10-11,15,21,26H,6,9,12-14,16-17H2,1-2H3. The van der Waals surface area contributed by atoms with Gasteiger partial charge in [-0.2, -0.15) is 5.10 Å². The number of nitrogens with zero attached hydrogens (tertiary/aromatic N) is 3. The first-order valence-electron chi connectivity index (χ1n) is 10.9. The number of benzene rings is 2. The first-order chi connectivity index (χ1) is 14.2. The highest BCUT2D eigenvalue weighted by atomic mass is 15.3. The minimum atomic E-state index is 0.521. The summed E-state index contributed by atoms with van der Waals surface area (Å²) in [7, 11) is 0. The first kappa shape index (κ1) is 18.4. The Balaban J connectivity index is 1.45. The molecule has 1 atom stereocenters. The molecular weight excluding hydrogens is 356 g/mol. The summed E-state index contributed by atoms with van der Waals surface area (Å²) in [6, 6.07) is 17.5. The summed E-state index contributed by atoms with van der Waals surface area (Å²) in [5, 5.41) is 8.81. The van der Waals surface area contributed by atoms with Crippen molar-refractivity contribution in [3.8, 4) is 5.69 Å². The second kappa shape index (κ2) is 7.68. The average Bonchev–Trinajstić information content (AvgIpc) is 3.34. The van der Waals surface area contributed by atoms with E-state index in [1.165, 1.54) is 58.8 Å². The number of likely N-dealkylation sites (tertiary alicyclic amines) is 1. The van der Waals surface area contributed by atoms with E-state index in [0.717, 1.165) is 26.1 Å². The second-order valence-electron chi connectivity index (χ2n) is 8.65. The second-order valence-corrected chi connectivity index (χ2v) is 8.65. The van der Waals surface area contributed by atoms with E-state index in [4.69, 9.17) is 5.10 Å². The molecule has 0 amide bonds. The van der Waals surface area contributed by atoms with E-state index in [1.54, 1.807) is 0 Å². The van der Waals surface area contributed by atoms with E-state index in [9.17, 15) is 0 Å². The zero-order chi connectivity index (χ0) is 19.8. The van der Waals surface area contributed by atoms with Crippen molar-refractivity contribution in [3.63, 3.8) is 0 Å². The van der Waals surface area contributed by atoms with Crippen molar-refractivity contribution in [2.45, 2.75) is 45.6 Å². The van der Waals surface area contributed by atoms with E-state index in [2.05, 4.69) is 77.3 Å². The van der Waals surface area contributed by atoms with Gasteiger partial charge in [0.1, 0.15) is 5.82 Å². The van der Waals surface area contributed by atoms with E-state index in [0.29, 0.717) is 5.92 Å². The van der Waals surface area contributed by atoms with Gasteiger partial charge < -0.3 is 5.32 Å². The molecule has 5 rings (SSSR count). The maximum atomic E-state index is 5.20. The first-order valence-corrected chi connectivity index (χ1v) is 10.9. The maximum absolute atomic E-state index is 5.20. The molecule has 0 aliphatic carbocycles. The quantitative estimate of drug-likeness (QED) is 0.697. The number of piperidine rings is 1. The Hall–Kier alpha value is -2.59. The fraction of sp³-hybridized carbons (Fsp3) is 0.400. The molecule has 0 bridgehead atoms. The van der Waals surface area contributed by atoms with Gasteiger partial charge in [0.05, 0.1) is 11.4 Å². The minimum Gasteiger partial charge on any atom is -0.369 e. The lowest BCUT2D eigenvalue weighted by atomic mass is 9.91. The molecule has 1 fully saturated rings. The summed E-state index contributed by atoms with van der Waals surface area (Å²) < 4.78 is 2.18. The zero-order valence-electron chi connectivity index (χ0n) is 17.5. The van der Waals surface area contributed by atoms with Crippen molar-refractivity contribution in [3.05, 3.63) is 76.5 Å². The molecule has 2 aliphatic heterocycles. The largest absolute Gasteiger partial charge is 0.369 e. The SMILES string of the molecule is Cc1ccc(C)c(-n2nc(C3CCCN(Cc4ccccc4)C3)c3c2NCC3)c1. The summed E-state index contributed by atoms with van der Waals surface area (Å²) in [4.78, 5) is 2.61. The smallest absolute Gasteiger partial charge is 0.133 e. The normalized spacial score (nSPS) is 19.2. The van der Waals surface area contributed by atoms with Crippen molar-refractivity contribution in [2.24, 2.45) is 0 Å². The number of hydrogen-bond acceptors (Lipinski definition) is 3. The predicted octanol–water partition coefficient (Wildman–Crippen LogP) is 4.84. The number of fused-ring (bicyclic) bond motifs is 1. The summed E-state index contributed by atoms with van der Waals surface area (Å²) in [5.74, 6) is 1.74. The third kappa shape index (κ3) is 3.58. The Morgan fingerprint density at radius 2 is 1.97 bits per heavy atom. The molecule has 0 radical (unpaired) electrons. The molecule has 1 unspecified atom stereocenters. The van der Waals surface area contributed by atoms with Crippen LogP contribution in [0.3, 0.4) is 0 Å². The van der Waals surface area contributed by atoms with Crippen LogP contribution in [-0.4, -0.2) is 34.3 Å². The number of hydrogen-bond donors (Lipinski definition) is 1. The number of nitrogens with one attached hydrogen (secondary N) is 1. The van der Waals surface area contributed by atoms with Gasteiger partial charge in [-0.05, 0) is 62.4 Å². The van der Waals surface area contributed by atoms with Gasteiger partial charge in [0, 0.05) is 31.1 Å². The lowest BCUT2D eigenvalue weighted by molar-refractivity contribution is 0.198. The molecule has 1 saturated heterocycles. The topological polar surface area (TPSA) is 33.1 Å². The summed E-state index contributed by atoms with van der Waals surface area (Å²) in [5.41, 5.74) is 7.93. The molecule has 2 aliphatic rings. The van der Waals surface area contributed by atoms with Crippen molar-refractivity contribution in [1.82, 2.24) is 14.7 Å². The Kier molecular flexibility index (Phi) is 4.88. The molecule has 4 heteroatoms. The van der Waals surface area contributed by atoms with E-state index in [1.807, 2.05) is 0 Å². The van der Waals surface area contributed by atoms with Gasteiger partial charge in [0.25, 0.3) is 0 Å². The number of rotatable bonds is 4. The maximum Gasteiger partial charge on any atom is 0.133 e. The molecule has 2 aromatic carbocycles. The Labute approximate surface area is 173 Å². The van der Waals surface area contributed by atoms with Crippen LogP contribution in [0.2, 0.25) is 0 Å². The monoisotopic (exact) mass is 386 g/mol. The van der Waals surface area contributed by atoms with E-state index in [-0.39, 0.29) is 0 Å². The van der Waals surface area contributed by atoms with Gasteiger partial charge in [-0.25, -0.2) is 4.68 Å². The van der Waals surface area contributed by atoms with Crippen molar-refractivity contribution < 1.29 is 0 Å². The van der Waals surface area contributed by atoms with Crippen molar-refractivity contribution >= 4 is 5.82 Å². The average molecular weight is 387 g/mol. The van der Waals surface area contributed by atoms with Crippen LogP contribution in [0.5, 0.6) is 0 Å². The van der Waals surface area contributed by atoms with Gasteiger partial charge in [-0.15, -0.1) is 0 Å². The molecule has 1 N–H and O–H groups in total. The predicted molar refractivity (Wildman–Crippen MR) is 119 cm³/mol. The summed E-state index contributed by atoms with van der Waals surface area (Å²) in [6.45, 7) is 8.68. The number of anilines is 1. The molecular formula is C25H30N4. The van der Waals surface area contributed by atoms with Crippen molar-refractivity contribution in [1.29, 1.82) is 0 Å². The third-order valence-electron chi connectivity index (χ3n) is 6.42. The van der Waals surface area contributed by atoms with Crippen LogP contribution in [0.1, 0.15) is 46.7 Å². The van der Waals surface area contributed by atoms with Crippen LogP contribution in [0.4, 0.5) is 5.82 Å². The summed E-state index contributed by atoms with van der Waals surface area (Å²) in [6.07, 6.45) is 3.57. The highest BCUT2D eigenvalue weighted by Gasteiger charge is 2.31. The van der Waals surface area contributed by atoms with Crippen LogP contribution in [0, 0.1) is 13.8 Å². The van der Waals surface area contributed by atoms with Crippen LogP contribution >= 0.6 is 0 Å². The lowest BCUT2D eigenvalue weighted by Crippen LogP contribution is -2.34. The highest BCUT2D eigenvalue weighted by Crippen LogP contribution is 2.37. The van der Waals surface area contributed by atoms with Crippen LogP contribution in [0.15, 0.2) is 48.5 Å². The van der Waals surface area contributed by atoms with Crippen LogP contribution < -0.4 is 5.32 Å². The number of aromatic nitrogens is 2. The van der Waals surface area contributed by atoms with Crippen LogP contribution in [-0.2, 0) is 13.0 Å².